The zero-order valence-corrected chi connectivity index (χ0v) is 17.7. The van der Waals surface area contributed by atoms with Crippen molar-refractivity contribution >= 4 is 34.2 Å². The lowest BCUT2D eigenvalue weighted by Crippen LogP contribution is -2.52. The van der Waals surface area contributed by atoms with Crippen molar-refractivity contribution in [1.82, 2.24) is 15.1 Å². The molecule has 0 saturated carbocycles. The Hall–Kier alpha value is -2.86. The first-order valence-electron chi connectivity index (χ1n) is 10.1. The smallest absolute Gasteiger partial charge is 0.253 e. The Morgan fingerprint density at radius 1 is 1.20 bits per heavy atom. The van der Waals surface area contributed by atoms with Gasteiger partial charge < -0.3 is 9.64 Å². The number of ketones is 1. The number of hydrogen-bond acceptors (Lipinski definition) is 4. The Kier molecular flexibility index (Phi) is 4.36. The number of piperidine rings is 1. The average Bonchev–Trinajstić information content (AvgIpc) is 3.10. The second-order valence-corrected chi connectivity index (χ2v) is 8.76. The maximum Gasteiger partial charge on any atom is 0.253 e. The second kappa shape index (κ2) is 6.84. The molecule has 0 unspecified atom stereocenters. The fraction of sp³-hybridized carbons (Fsp3) is 0.348. The quantitative estimate of drug-likeness (QED) is 0.626. The molecule has 0 radical (unpaired) electrons. The molecule has 2 aromatic carbocycles. The van der Waals surface area contributed by atoms with Crippen LogP contribution in [0.1, 0.15) is 51.2 Å². The summed E-state index contributed by atoms with van der Waals surface area (Å²) in [5.41, 5.74) is 3.29. The number of nitrogens with one attached hydrogen (secondary N) is 1. The van der Waals surface area contributed by atoms with E-state index in [1.165, 1.54) is 0 Å². The molecule has 1 amide bonds. The molecular formula is C23H22ClN3O3. The summed E-state index contributed by atoms with van der Waals surface area (Å²) in [5.74, 6) is 0.641. The molecule has 6 nitrogen and oxygen atoms in total. The normalized spacial score (nSPS) is 17.8. The number of fused-ring (bicyclic) bond motifs is 2. The minimum Gasteiger partial charge on any atom is -0.486 e. The number of likely N-dealkylation sites (tertiary alicyclic amines) is 1. The van der Waals surface area contributed by atoms with Crippen LogP contribution >= 0.6 is 11.6 Å². The molecule has 0 aliphatic carbocycles. The van der Waals surface area contributed by atoms with Crippen molar-refractivity contribution in [2.24, 2.45) is 0 Å². The van der Waals surface area contributed by atoms with E-state index < -0.39 is 5.60 Å². The highest BCUT2D eigenvalue weighted by atomic mass is 35.5. The first-order valence-corrected chi connectivity index (χ1v) is 10.5. The largest absolute Gasteiger partial charge is 0.486 e. The van der Waals surface area contributed by atoms with Gasteiger partial charge in [-0.1, -0.05) is 17.7 Å². The van der Waals surface area contributed by atoms with Crippen LogP contribution in [-0.2, 0) is 0 Å². The van der Waals surface area contributed by atoms with E-state index in [0.717, 1.165) is 22.2 Å². The predicted octanol–water partition coefficient (Wildman–Crippen LogP) is 4.47. The summed E-state index contributed by atoms with van der Waals surface area (Å²) in [7, 11) is 0. The van der Waals surface area contributed by atoms with Crippen LogP contribution in [0.3, 0.4) is 0 Å². The molecule has 1 saturated heterocycles. The number of halogens is 1. The zero-order valence-electron chi connectivity index (χ0n) is 16.9. The van der Waals surface area contributed by atoms with E-state index in [9.17, 15) is 9.59 Å². The molecule has 1 aromatic heterocycles. The highest BCUT2D eigenvalue weighted by molar-refractivity contribution is 6.31. The molecule has 0 bridgehead atoms. The second-order valence-electron chi connectivity index (χ2n) is 8.36. The maximum absolute atomic E-state index is 13.0. The molecule has 154 valence electrons. The lowest BCUT2D eigenvalue weighted by molar-refractivity contribution is -0.00572. The van der Waals surface area contributed by atoms with Gasteiger partial charge >= 0.3 is 0 Å². The number of carbonyl (C=O) groups is 2. The predicted molar refractivity (Wildman–Crippen MR) is 114 cm³/mol. The monoisotopic (exact) mass is 423 g/mol. The van der Waals surface area contributed by atoms with Gasteiger partial charge in [0.25, 0.3) is 5.91 Å². The number of amides is 1. The Morgan fingerprint density at radius 3 is 2.73 bits per heavy atom. The maximum atomic E-state index is 13.0. The van der Waals surface area contributed by atoms with Gasteiger partial charge in [-0.3, -0.25) is 14.7 Å². The van der Waals surface area contributed by atoms with Gasteiger partial charge in [-0.2, -0.15) is 5.10 Å². The number of Topliss-reactive ketones (excluding diaryl/α,β-unsaturated/α-hetero) is 1. The fourth-order valence-electron chi connectivity index (χ4n) is 4.47. The van der Waals surface area contributed by atoms with E-state index >= 15 is 0 Å². The number of aryl methyl sites for hydroxylation is 2. The van der Waals surface area contributed by atoms with Crippen molar-refractivity contribution in [3.63, 3.8) is 0 Å². The fourth-order valence-corrected chi connectivity index (χ4v) is 4.64. The van der Waals surface area contributed by atoms with Gasteiger partial charge in [-0.25, -0.2) is 0 Å². The highest BCUT2D eigenvalue weighted by Crippen LogP contribution is 2.41. The van der Waals surface area contributed by atoms with Crippen molar-refractivity contribution in [3.05, 3.63) is 57.7 Å². The van der Waals surface area contributed by atoms with E-state index in [2.05, 4.69) is 10.2 Å². The van der Waals surface area contributed by atoms with E-state index in [1.54, 1.807) is 6.07 Å². The van der Waals surface area contributed by atoms with Crippen LogP contribution in [0.4, 0.5) is 0 Å². The molecule has 7 heteroatoms. The van der Waals surface area contributed by atoms with Crippen molar-refractivity contribution in [1.29, 1.82) is 0 Å². The van der Waals surface area contributed by atoms with Gasteiger partial charge in [0.2, 0.25) is 0 Å². The van der Waals surface area contributed by atoms with Crippen molar-refractivity contribution in [3.8, 4) is 5.75 Å². The third-order valence-electron chi connectivity index (χ3n) is 6.33. The summed E-state index contributed by atoms with van der Waals surface area (Å²) in [6.07, 6.45) is 1.56. The Bertz CT molecular complexity index is 1190. The topological polar surface area (TPSA) is 75.3 Å². The first-order chi connectivity index (χ1) is 14.3. The van der Waals surface area contributed by atoms with Gasteiger partial charge in [-0.05, 0) is 43.7 Å². The van der Waals surface area contributed by atoms with E-state index in [0.29, 0.717) is 54.3 Å². The first kappa shape index (κ1) is 19.1. The Morgan fingerprint density at radius 2 is 1.97 bits per heavy atom. The van der Waals surface area contributed by atoms with Gasteiger partial charge in [0.15, 0.2) is 5.78 Å². The molecule has 1 fully saturated rings. The number of ether oxygens (including phenoxy) is 1. The minimum atomic E-state index is -0.551. The average molecular weight is 424 g/mol. The number of aromatic nitrogens is 2. The van der Waals surface area contributed by atoms with Crippen LogP contribution < -0.4 is 4.74 Å². The van der Waals surface area contributed by atoms with Crippen LogP contribution in [0.25, 0.3) is 10.9 Å². The highest BCUT2D eigenvalue weighted by Gasteiger charge is 2.44. The molecule has 2 aliphatic heterocycles. The molecule has 2 aliphatic rings. The van der Waals surface area contributed by atoms with Crippen molar-refractivity contribution in [2.45, 2.75) is 38.7 Å². The SMILES string of the molecule is Cc1cc2c(cc1Cl)C(=O)CC1(CCN(C(=O)c3ccc4c(C)[nH]nc4c3)CC1)O2. The molecular weight excluding hydrogens is 402 g/mol. The number of rotatable bonds is 1. The van der Waals surface area contributed by atoms with Crippen LogP contribution in [-0.4, -0.2) is 45.5 Å². The Labute approximate surface area is 179 Å². The Balaban J connectivity index is 1.33. The number of benzene rings is 2. The van der Waals surface area contributed by atoms with E-state index in [1.807, 2.05) is 43.0 Å². The van der Waals surface area contributed by atoms with Crippen molar-refractivity contribution < 1.29 is 14.3 Å². The standard InChI is InChI=1S/C23H22ClN3O3/c1-13-9-21-17(11-18(13)24)20(28)12-23(30-21)5-7-27(8-6-23)22(29)15-3-4-16-14(2)25-26-19(16)10-15/h3-4,9-11H,5-8,12H2,1-2H3,(H,25,26). The van der Waals surface area contributed by atoms with Crippen LogP contribution in [0, 0.1) is 13.8 Å². The number of nitrogens with zero attached hydrogens (tertiary/aromatic N) is 2. The lowest BCUT2D eigenvalue weighted by Gasteiger charge is -2.44. The summed E-state index contributed by atoms with van der Waals surface area (Å²) < 4.78 is 6.33. The van der Waals surface area contributed by atoms with Gasteiger partial charge in [0, 0.05) is 47.6 Å². The van der Waals surface area contributed by atoms with Gasteiger partial charge in [0.1, 0.15) is 11.4 Å². The van der Waals surface area contributed by atoms with Crippen LogP contribution in [0.15, 0.2) is 30.3 Å². The number of hydrogen-bond donors (Lipinski definition) is 1. The third kappa shape index (κ3) is 3.06. The van der Waals surface area contributed by atoms with E-state index in [-0.39, 0.29) is 11.7 Å². The van der Waals surface area contributed by atoms with Crippen LogP contribution in [0.5, 0.6) is 5.75 Å². The van der Waals surface area contributed by atoms with Crippen molar-refractivity contribution in [2.75, 3.05) is 13.1 Å². The molecule has 3 heterocycles. The molecule has 0 atom stereocenters. The number of H-pyrrole nitrogens is 1. The van der Waals surface area contributed by atoms with Crippen LogP contribution in [0.2, 0.25) is 5.02 Å². The molecule has 5 rings (SSSR count). The van der Waals surface area contributed by atoms with E-state index in [4.69, 9.17) is 16.3 Å². The summed E-state index contributed by atoms with van der Waals surface area (Å²) in [5, 5.41) is 8.80. The summed E-state index contributed by atoms with van der Waals surface area (Å²) >= 11 is 6.18. The molecule has 1 N–H and O–H groups in total. The summed E-state index contributed by atoms with van der Waals surface area (Å²) in [6, 6.07) is 9.15. The summed E-state index contributed by atoms with van der Waals surface area (Å²) in [4.78, 5) is 27.6. The summed E-state index contributed by atoms with van der Waals surface area (Å²) in [6.45, 7) is 4.95. The van der Waals surface area contributed by atoms with Gasteiger partial charge in [0.05, 0.1) is 17.5 Å². The molecule has 1 spiro atoms. The molecule has 30 heavy (non-hydrogen) atoms. The minimum absolute atomic E-state index is 0.0161. The molecule has 3 aromatic rings. The number of carbonyl (C=O) groups excluding carboxylic acids is 2. The third-order valence-corrected chi connectivity index (χ3v) is 6.73. The lowest BCUT2D eigenvalue weighted by atomic mass is 9.82. The zero-order chi connectivity index (χ0) is 21.0. The van der Waals surface area contributed by atoms with Gasteiger partial charge in [-0.15, -0.1) is 0 Å². The number of aromatic amines is 1.